The van der Waals surface area contributed by atoms with Crippen molar-refractivity contribution in [1.82, 2.24) is 14.9 Å². The number of nitrogens with two attached hydrogens (primary N) is 1. The van der Waals surface area contributed by atoms with Gasteiger partial charge in [-0.05, 0) is 32.6 Å². The Hall–Kier alpha value is -3.25. The summed E-state index contributed by atoms with van der Waals surface area (Å²) in [5.74, 6) is 1.13. The highest BCUT2D eigenvalue weighted by Gasteiger charge is 2.40. The van der Waals surface area contributed by atoms with Crippen LogP contribution in [0.3, 0.4) is 0 Å². The van der Waals surface area contributed by atoms with Crippen LogP contribution in [0.15, 0.2) is 22.3 Å². The number of nitrogens with one attached hydrogen (secondary N) is 1. The molecule has 0 aromatic carbocycles. The van der Waals surface area contributed by atoms with Crippen molar-refractivity contribution in [3.05, 3.63) is 18.0 Å². The average Bonchev–Trinajstić information content (AvgIpc) is 3.27. The fraction of sp³-hybridized carbons (Fsp3) is 0.571. The summed E-state index contributed by atoms with van der Waals surface area (Å²) in [7, 11) is 0. The van der Waals surface area contributed by atoms with E-state index < -0.39 is 11.6 Å². The molecule has 12 heteroatoms. The molecule has 0 unspecified atom stereocenters. The first-order chi connectivity index (χ1) is 15.9. The van der Waals surface area contributed by atoms with Crippen LogP contribution >= 0.6 is 0 Å². The lowest BCUT2D eigenvalue weighted by atomic mass is 10.00. The van der Waals surface area contributed by atoms with Crippen molar-refractivity contribution in [3.8, 4) is 0 Å². The molecule has 1 aromatic rings. The second-order valence-corrected chi connectivity index (χ2v) is 7.93. The molecule has 180 valence electrons. The summed E-state index contributed by atoms with van der Waals surface area (Å²) in [6.45, 7) is 10.4. The standard InChI is InChI=1S/C21H32N8O4/c1-4-33-20(31)29-6-5-21(13-29,14-30)27-17-11-16(15(2)12-24-18(22)23-3)25-19(26-17)28-7-9-32-10-8-28/h11-12,30H,3-10,13-14H2,1-2H3,(H2,22,24)(H,25,26,27)/b15-12+/t21-/m0/s1. The first kappa shape index (κ1) is 24.4. The van der Waals surface area contributed by atoms with E-state index in [1.165, 1.54) is 0 Å². The minimum absolute atomic E-state index is 0.0550. The number of aromatic nitrogens is 2. The number of aliphatic imine (C=N–C) groups is 2. The van der Waals surface area contributed by atoms with Crippen LogP contribution in [0.4, 0.5) is 16.6 Å². The Bertz CT molecular complexity index is 916. The van der Waals surface area contributed by atoms with Gasteiger partial charge in [0.05, 0.1) is 37.7 Å². The van der Waals surface area contributed by atoms with E-state index in [0.717, 1.165) is 5.57 Å². The molecule has 2 fully saturated rings. The molecule has 1 aromatic heterocycles. The van der Waals surface area contributed by atoms with Crippen LogP contribution in [0.25, 0.3) is 5.57 Å². The molecule has 2 saturated heterocycles. The first-order valence-electron chi connectivity index (χ1n) is 10.9. The van der Waals surface area contributed by atoms with Gasteiger partial charge in [0.2, 0.25) is 11.9 Å². The van der Waals surface area contributed by atoms with Gasteiger partial charge in [0.25, 0.3) is 0 Å². The molecule has 0 aliphatic carbocycles. The predicted octanol–water partition coefficient (Wildman–Crippen LogP) is 0.695. The Kier molecular flexibility index (Phi) is 8.17. The Morgan fingerprint density at radius 2 is 2.18 bits per heavy atom. The summed E-state index contributed by atoms with van der Waals surface area (Å²) in [6.07, 6.45) is 1.73. The maximum absolute atomic E-state index is 12.2. The zero-order chi connectivity index (χ0) is 23.8. The molecule has 1 amide bonds. The van der Waals surface area contributed by atoms with E-state index in [-0.39, 0.29) is 12.6 Å². The third kappa shape index (κ3) is 6.17. The fourth-order valence-corrected chi connectivity index (χ4v) is 3.66. The summed E-state index contributed by atoms with van der Waals surface area (Å²) in [5, 5.41) is 13.6. The van der Waals surface area contributed by atoms with Crippen molar-refractivity contribution < 1.29 is 19.4 Å². The molecule has 0 saturated carbocycles. The number of aliphatic hydroxyl groups is 1. The number of likely N-dealkylation sites (tertiary alicyclic amines) is 1. The molecule has 0 bridgehead atoms. The van der Waals surface area contributed by atoms with Crippen LogP contribution < -0.4 is 16.0 Å². The number of amides is 1. The van der Waals surface area contributed by atoms with Gasteiger partial charge in [0.1, 0.15) is 5.82 Å². The zero-order valence-electron chi connectivity index (χ0n) is 19.2. The van der Waals surface area contributed by atoms with Gasteiger partial charge < -0.3 is 35.4 Å². The molecule has 0 spiro atoms. The number of carbonyl (C=O) groups excluding carboxylic acids is 1. The Morgan fingerprint density at radius 3 is 2.85 bits per heavy atom. The summed E-state index contributed by atoms with van der Waals surface area (Å²) < 4.78 is 10.6. The molecule has 4 N–H and O–H groups in total. The molecule has 0 radical (unpaired) electrons. The van der Waals surface area contributed by atoms with Gasteiger partial charge >= 0.3 is 6.09 Å². The number of ether oxygens (including phenoxy) is 2. The molecule has 3 heterocycles. The maximum Gasteiger partial charge on any atom is 0.409 e. The number of aliphatic hydroxyl groups excluding tert-OH is 1. The average molecular weight is 461 g/mol. The number of carbonyl (C=O) groups is 1. The van der Waals surface area contributed by atoms with Gasteiger partial charge in [-0.2, -0.15) is 4.98 Å². The second kappa shape index (κ2) is 11.1. The minimum Gasteiger partial charge on any atom is -0.450 e. The van der Waals surface area contributed by atoms with E-state index in [2.05, 4.69) is 22.0 Å². The van der Waals surface area contributed by atoms with Gasteiger partial charge in [-0.15, -0.1) is 0 Å². The third-order valence-electron chi connectivity index (χ3n) is 5.54. The lowest BCUT2D eigenvalue weighted by molar-refractivity contribution is 0.112. The van der Waals surface area contributed by atoms with Crippen LogP contribution in [0, 0.1) is 0 Å². The van der Waals surface area contributed by atoms with E-state index in [1.807, 2.05) is 11.8 Å². The maximum atomic E-state index is 12.2. The van der Waals surface area contributed by atoms with Gasteiger partial charge in [-0.1, -0.05) is 0 Å². The lowest BCUT2D eigenvalue weighted by Crippen LogP contribution is -2.46. The number of allylic oxidation sites excluding steroid dienone is 1. The number of nitrogens with zero attached hydrogens (tertiary/aromatic N) is 6. The van der Waals surface area contributed by atoms with E-state index in [0.29, 0.717) is 69.9 Å². The number of hydrogen-bond acceptors (Lipinski definition) is 9. The molecule has 3 rings (SSSR count). The minimum atomic E-state index is -0.742. The smallest absolute Gasteiger partial charge is 0.409 e. The van der Waals surface area contributed by atoms with E-state index in [4.69, 9.17) is 25.2 Å². The van der Waals surface area contributed by atoms with Gasteiger partial charge in [-0.25, -0.2) is 19.8 Å². The second-order valence-electron chi connectivity index (χ2n) is 7.93. The number of anilines is 2. The highest BCUT2D eigenvalue weighted by atomic mass is 16.6. The number of guanidine groups is 1. The van der Waals surface area contributed by atoms with Crippen molar-refractivity contribution in [2.45, 2.75) is 25.8 Å². The van der Waals surface area contributed by atoms with E-state index in [1.54, 1.807) is 24.1 Å². The SMILES string of the molecule is C=NC(N)=N/C=C(\C)c1cc(N[C@@]2(CO)CCN(C(=O)OCC)C2)nc(N2CCOCC2)n1. The molecular formula is C21H32N8O4. The van der Waals surface area contributed by atoms with E-state index >= 15 is 0 Å². The van der Waals surface area contributed by atoms with Crippen molar-refractivity contribution in [3.63, 3.8) is 0 Å². The number of rotatable bonds is 7. The molecule has 2 aliphatic rings. The largest absolute Gasteiger partial charge is 0.450 e. The molecule has 2 aliphatic heterocycles. The normalized spacial score (nSPS) is 21.8. The van der Waals surface area contributed by atoms with Crippen molar-refractivity contribution in [2.75, 3.05) is 62.8 Å². The van der Waals surface area contributed by atoms with Crippen molar-refractivity contribution in [1.29, 1.82) is 0 Å². The van der Waals surface area contributed by atoms with Crippen molar-refractivity contribution in [2.24, 2.45) is 15.7 Å². The Balaban J connectivity index is 1.91. The first-order valence-corrected chi connectivity index (χ1v) is 10.9. The van der Waals surface area contributed by atoms with Crippen LogP contribution in [0.1, 0.15) is 26.0 Å². The van der Waals surface area contributed by atoms with Crippen LogP contribution in [-0.2, 0) is 9.47 Å². The Labute approximate surface area is 193 Å². The number of morpholine rings is 1. The highest BCUT2D eigenvalue weighted by molar-refractivity contribution is 5.83. The van der Waals surface area contributed by atoms with E-state index in [9.17, 15) is 9.90 Å². The van der Waals surface area contributed by atoms with Crippen LogP contribution in [-0.4, -0.2) is 96.9 Å². The van der Waals surface area contributed by atoms with Crippen molar-refractivity contribution >= 4 is 36.1 Å². The molecular weight excluding hydrogens is 428 g/mol. The van der Waals surface area contributed by atoms with Gasteiger partial charge in [-0.3, -0.25) is 0 Å². The third-order valence-corrected chi connectivity index (χ3v) is 5.54. The monoisotopic (exact) mass is 460 g/mol. The molecule has 33 heavy (non-hydrogen) atoms. The molecule has 1 atom stereocenters. The summed E-state index contributed by atoms with van der Waals surface area (Å²) in [5.41, 5.74) is 6.27. The van der Waals surface area contributed by atoms with Crippen LogP contribution in [0.2, 0.25) is 0 Å². The highest BCUT2D eigenvalue weighted by Crippen LogP contribution is 2.28. The topological polar surface area (TPSA) is 151 Å². The molecule has 12 nitrogen and oxygen atoms in total. The van der Waals surface area contributed by atoms with Gasteiger partial charge in [0, 0.05) is 38.4 Å². The lowest BCUT2D eigenvalue weighted by Gasteiger charge is -2.31. The zero-order valence-corrected chi connectivity index (χ0v) is 19.2. The summed E-state index contributed by atoms with van der Waals surface area (Å²) in [6, 6.07) is 1.78. The quantitative estimate of drug-likeness (QED) is 0.394. The fourth-order valence-electron chi connectivity index (χ4n) is 3.66. The Morgan fingerprint density at radius 1 is 1.42 bits per heavy atom. The van der Waals surface area contributed by atoms with Crippen LogP contribution in [0.5, 0.6) is 0 Å². The number of hydrogen-bond donors (Lipinski definition) is 3. The predicted molar refractivity (Wildman–Crippen MR) is 127 cm³/mol. The summed E-state index contributed by atoms with van der Waals surface area (Å²) in [4.78, 5) is 32.8. The summed E-state index contributed by atoms with van der Waals surface area (Å²) >= 11 is 0. The van der Waals surface area contributed by atoms with Gasteiger partial charge in [0.15, 0.2) is 0 Å².